The first-order chi connectivity index (χ1) is 16.1. The first-order valence-electron chi connectivity index (χ1n) is 11.6. The van der Waals surface area contributed by atoms with Crippen LogP contribution in [0.1, 0.15) is 34.8 Å². The lowest BCUT2D eigenvalue weighted by Gasteiger charge is -2.36. The summed E-state index contributed by atoms with van der Waals surface area (Å²) in [6.07, 6.45) is 1.94. The highest BCUT2D eigenvalue weighted by Crippen LogP contribution is 2.38. The van der Waals surface area contributed by atoms with Crippen molar-refractivity contribution in [2.75, 3.05) is 52.5 Å². The van der Waals surface area contributed by atoms with E-state index in [-0.39, 0.29) is 17.9 Å². The van der Waals surface area contributed by atoms with Gasteiger partial charge in [0.1, 0.15) is 13.2 Å². The number of nitrogens with zero attached hydrogens (tertiary/aromatic N) is 3. The number of ether oxygens (including phenoxy) is 2. The Morgan fingerprint density at radius 2 is 1.70 bits per heavy atom. The molecule has 0 aromatic heterocycles. The smallest absolute Gasteiger partial charge is 0.255 e. The highest BCUT2D eigenvalue weighted by atomic mass is 35.5. The molecule has 0 saturated carbocycles. The van der Waals surface area contributed by atoms with Gasteiger partial charge in [0.2, 0.25) is 5.91 Å². The molecule has 2 amide bonds. The second kappa shape index (κ2) is 9.61. The number of carbonyl (C=O) groups excluding carboxylic acids is 2. The van der Waals surface area contributed by atoms with Gasteiger partial charge in [0, 0.05) is 32.7 Å². The van der Waals surface area contributed by atoms with Crippen LogP contribution in [0.15, 0.2) is 42.5 Å². The van der Waals surface area contributed by atoms with Crippen molar-refractivity contribution in [3.05, 3.63) is 58.6 Å². The molecule has 2 fully saturated rings. The van der Waals surface area contributed by atoms with Crippen molar-refractivity contribution < 1.29 is 19.1 Å². The predicted octanol–water partition coefficient (Wildman–Crippen LogP) is 3.23. The average molecular weight is 470 g/mol. The first-order valence-corrected chi connectivity index (χ1v) is 11.9. The molecule has 0 N–H and O–H groups in total. The van der Waals surface area contributed by atoms with Crippen molar-refractivity contribution in [3.63, 3.8) is 0 Å². The lowest BCUT2D eigenvalue weighted by Crippen LogP contribution is -2.51. The van der Waals surface area contributed by atoms with Crippen LogP contribution in [0.25, 0.3) is 0 Å². The fraction of sp³-hybridized carbons (Fsp3) is 0.440. The minimum Gasteiger partial charge on any atom is -0.486 e. The van der Waals surface area contributed by atoms with Gasteiger partial charge in [0.05, 0.1) is 23.2 Å². The molecule has 3 aliphatic rings. The standard InChI is InChI=1S/C25H28ClN3O4/c26-20-5-2-1-4-19(20)25(31)28-12-10-27(11-13-28)17-24(30)29-9-3-6-21(29)18-7-8-22-23(16-18)33-15-14-32-22/h1-2,4-5,7-8,16,21H,3,6,9-15,17H2. The number of likely N-dealkylation sites (tertiary alicyclic amines) is 1. The Labute approximate surface area is 198 Å². The molecule has 2 aromatic carbocycles. The third-order valence-corrected chi connectivity index (χ3v) is 6.98. The number of halogens is 1. The number of fused-ring (bicyclic) bond motifs is 1. The monoisotopic (exact) mass is 469 g/mol. The van der Waals surface area contributed by atoms with Crippen molar-refractivity contribution in [2.24, 2.45) is 0 Å². The van der Waals surface area contributed by atoms with Gasteiger partial charge >= 0.3 is 0 Å². The van der Waals surface area contributed by atoms with Crippen LogP contribution in [0.3, 0.4) is 0 Å². The topological polar surface area (TPSA) is 62.3 Å². The van der Waals surface area contributed by atoms with Crippen LogP contribution >= 0.6 is 11.6 Å². The van der Waals surface area contributed by atoms with E-state index in [1.165, 1.54) is 0 Å². The molecule has 1 unspecified atom stereocenters. The maximum absolute atomic E-state index is 13.2. The molecule has 2 saturated heterocycles. The van der Waals surface area contributed by atoms with Crippen molar-refractivity contribution in [2.45, 2.75) is 18.9 Å². The van der Waals surface area contributed by atoms with Crippen LogP contribution in [0, 0.1) is 0 Å². The number of piperazine rings is 1. The quantitative estimate of drug-likeness (QED) is 0.688. The van der Waals surface area contributed by atoms with Gasteiger partial charge in [-0.1, -0.05) is 29.8 Å². The number of rotatable bonds is 4. The number of hydrogen-bond donors (Lipinski definition) is 0. The third kappa shape index (κ3) is 4.66. The Kier molecular flexibility index (Phi) is 6.42. The fourth-order valence-corrected chi connectivity index (χ4v) is 5.09. The lowest BCUT2D eigenvalue weighted by atomic mass is 10.0. The Morgan fingerprint density at radius 3 is 2.48 bits per heavy atom. The third-order valence-electron chi connectivity index (χ3n) is 6.65. The molecule has 3 aliphatic heterocycles. The highest BCUT2D eigenvalue weighted by Gasteiger charge is 2.32. The summed E-state index contributed by atoms with van der Waals surface area (Å²) < 4.78 is 11.4. The van der Waals surface area contributed by atoms with E-state index in [9.17, 15) is 9.59 Å². The number of amides is 2. The normalized spacial score (nSPS) is 20.7. The largest absolute Gasteiger partial charge is 0.486 e. The van der Waals surface area contributed by atoms with E-state index in [2.05, 4.69) is 4.90 Å². The molecule has 2 aromatic rings. The molecule has 0 radical (unpaired) electrons. The molecule has 1 atom stereocenters. The maximum atomic E-state index is 13.2. The maximum Gasteiger partial charge on any atom is 0.255 e. The van der Waals surface area contributed by atoms with Gasteiger partial charge < -0.3 is 19.3 Å². The molecule has 0 aliphatic carbocycles. The molecule has 8 heteroatoms. The Hall–Kier alpha value is -2.77. The molecule has 33 heavy (non-hydrogen) atoms. The average Bonchev–Trinajstić information content (AvgIpc) is 3.34. The SMILES string of the molecule is O=C(c1ccccc1Cl)N1CCN(CC(=O)N2CCCC2c2ccc3c(c2)OCCO3)CC1. The van der Waals surface area contributed by atoms with Crippen LogP contribution in [0.4, 0.5) is 0 Å². The molecule has 0 bridgehead atoms. The van der Waals surface area contributed by atoms with Crippen molar-refractivity contribution >= 4 is 23.4 Å². The van der Waals surface area contributed by atoms with E-state index in [1.807, 2.05) is 40.1 Å². The molecule has 3 heterocycles. The summed E-state index contributed by atoms with van der Waals surface area (Å²) in [5.74, 6) is 1.62. The van der Waals surface area contributed by atoms with Crippen LogP contribution in [0.2, 0.25) is 5.02 Å². The summed E-state index contributed by atoms with van der Waals surface area (Å²) in [7, 11) is 0. The van der Waals surface area contributed by atoms with Gasteiger partial charge in [-0.05, 0) is 42.7 Å². The van der Waals surface area contributed by atoms with Crippen molar-refractivity contribution in [1.29, 1.82) is 0 Å². The van der Waals surface area contributed by atoms with E-state index < -0.39 is 0 Å². The van der Waals surface area contributed by atoms with Crippen LogP contribution in [-0.4, -0.2) is 79.0 Å². The van der Waals surface area contributed by atoms with Gasteiger partial charge in [-0.2, -0.15) is 0 Å². The van der Waals surface area contributed by atoms with E-state index in [0.717, 1.165) is 36.4 Å². The highest BCUT2D eigenvalue weighted by molar-refractivity contribution is 6.33. The van der Waals surface area contributed by atoms with Gasteiger partial charge in [0.25, 0.3) is 5.91 Å². The summed E-state index contributed by atoms with van der Waals surface area (Å²) in [6.45, 7) is 4.77. The van der Waals surface area contributed by atoms with Gasteiger partial charge in [-0.25, -0.2) is 0 Å². The minimum atomic E-state index is -0.0511. The van der Waals surface area contributed by atoms with Crippen LogP contribution < -0.4 is 9.47 Å². The molecular formula is C25H28ClN3O4. The molecular weight excluding hydrogens is 442 g/mol. The van der Waals surface area contributed by atoms with Crippen LogP contribution in [-0.2, 0) is 4.79 Å². The Morgan fingerprint density at radius 1 is 0.939 bits per heavy atom. The first kappa shape index (κ1) is 22.0. The summed E-state index contributed by atoms with van der Waals surface area (Å²) >= 11 is 6.19. The number of hydrogen-bond acceptors (Lipinski definition) is 5. The zero-order valence-electron chi connectivity index (χ0n) is 18.5. The van der Waals surface area contributed by atoms with E-state index in [4.69, 9.17) is 21.1 Å². The minimum absolute atomic E-state index is 0.0511. The van der Waals surface area contributed by atoms with E-state index >= 15 is 0 Å². The Balaban J connectivity index is 1.18. The Bertz CT molecular complexity index is 1040. The fourth-order valence-electron chi connectivity index (χ4n) is 4.88. The zero-order valence-corrected chi connectivity index (χ0v) is 19.3. The summed E-state index contributed by atoms with van der Waals surface area (Å²) in [5.41, 5.74) is 1.63. The summed E-state index contributed by atoms with van der Waals surface area (Å²) in [5, 5.41) is 0.472. The number of carbonyl (C=O) groups is 2. The van der Waals surface area contributed by atoms with Gasteiger partial charge in [-0.15, -0.1) is 0 Å². The van der Waals surface area contributed by atoms with Gasteiger partial charge in [-0.3, -0.25) is 14.5 Å². The molecule has 5 rings (SSSR count). The molecule has 174 valence electrons. The van der Waals surface area contributed by atoms with Gasteiger partial charge in [0.15, 0.2) is 11.5 Å². The lowest BCUT2D eigenvalue weighted by molar-refractivity contribution is -0.133. The van der Waals surface area contributed by atoms with Crippen molar-refractivity contribution in [1.82, 2.24) is 14.7 Å². The second-order valence-electron chi connectivity index (χ2n) is 8.70. The number of benzene rings is 2. The zero-order chi connectivity index (χ0) is 22.8. The summed E-state index contributed by atoms with van der Waals surface area (Å²) in [4.78, 5) is 31.9. The summed E-state index contributed by atoms with van der Waals surface area (Å²) in [6, 6.07) is 13.2. The van der Waals surface area contributed by atoms with Crippen molar-refractivity contribution in [3.8, 4) is 11.5 Å². The second-order valence-corrected chi connectivity index (χ2v) is 9.10. The molecule has 0 spiro atoms. The van der Waals surface area contributed by atoms with Crippen LogP contribution in [0.5, 0.6) is 11.5 Å². The predicted molar refractivity (Wildman–Crippen MR) is 125 cm³/mol. The van der Waals surface area contributed by atoms with E-state index in [1.54, 1.807) is 12.1 Å². The van der Waals surface area contributed by atoms with E-state index in [0.29, 0.717) is 56.5 Å². The molecule has 7 nitrogen and oxygen atoms in total.